The molecule has 2 aromatic carbocycles. The fraction of sp³-hybridized carbons (Fsp3) is 0.364. The van der Waals surface area contributed by atoms with Gasteiger partial charge in [-0.05, 0) is 36.6 Å². The van der Waals surface area contributed by atoms with E-state index in [0.29, 0.717) is 32.7 Å². The van der Waals surface area contributed by atoms with Crippen LogP contribution in [-0.4, -0.2) is 36.5 Å². The second-order valence-electron chi connectivity index (χ2n) is 7.01. The molecule has 3 amide bonds. The summed E-state index contributed by atoms with van der Waals surface area (Å²) in [5.41, 5.74) is 3.28. The van der Waals surface area contributed by atoms with Crippen molar-refractivity contribution in [3.8, 4) is 5.75 Å². The minimum Gasteiger partial charge on any atom is -0.492 e. The maximum Gasteiger partial charge on any atom is 0.315 e. The van der Waals surface area contributed by atoms with Crippen LogP contribution < -0.4 is 15.4 Å². The Morgan fingerprint density at radius 2 is 1.89 bits per heavy atom. The van der Waals surface area contributed by atoms with E-state index in [9.17, 15) is 9.59 Å². The number of hydrogen-bond donors (Lipinski definition) is 2. The van der Waals surface area contributed by atoms with Crippen LogP contribution in [-0.2, 0) is 17.9 Å². The van der Waals surface area contributed by atoms with Crippen LogP contribution in [0.2, 0.25) is 0 Å². The number of nitrogens with zero attached hydrogens (tertiary/aromatic N) is 1. The number of benzene rings is 2. The van der Waals surface area contributed by atoms with Crippen molar-refractivity contribution < 1.29 is 14.3 Å². The van der Waals surface area contributed by atoms with E-state index in [1.165, 1.54) is 5.56 Å². The van der Waals surface area contributed by atoms with Gasteiger partial charge in [-0.3, -0.25) is 4.79 Å². The molecule has 0 spiro atoms. The first-order valence-corrected chi connectivity index (χ1v) is 9.67. The van der Waals surface area contributed by atoms with Crippen molar-refractivity contribution in [3.63, 3.8) is 0 Å². The highest BCUT2D eigenvalue weighted by atomic mass is 16.5. The molecule has 1 aliphatic rings. The van der Waals surface area contributed by atoms with E-state index in [1.54, 1.807) is 0 Å². The fourth-order valence-electron chi connectivity index (χ4n) is 3.14. The van der Waals surface area contributed by atoms with Crippen LogP contribution in [0, 0.1) is 6.92 Å². The number of amides is 3. The number of rotatable bonds is 8. The van der Waals surface area contributed by atoms with Crippen LogP contribution in [0.3, 0.4) is 0 Å². The van der Waals surface area contributed by atoms with Gasteiger partial charge in [0.1, 0.15) is 12.4 Å². The zero-order valence-corrected chi connectivity index (χ0v) is 16.2. The SMILES string of the molecule is Cc1ccc(OCCNC(=O)NCc2cccc(CN3CCCC3=O)c2)cc1. The molecule has 1 heterocycles. The molecule has 1 fully saturated rings. The Morgan fingerprint density at radius 1 is 1.11 bits per heavy atom. The third kappa shape index (κ3) is 6.01. The van der Waals surface area contributed by atoms with Gasteiger partial charge in [-0.1, -0.05) is 42.0 Å². The summed E-state index contributed by atoms with van der Waals surface area (Å²) in [6.07, 6.45) is 1.59. The number of hydrogen-bond acceptors (Lipinski definition) is 3. The van der Waals surface area contributed by atoms with Gasteiger partial charge in [0.2, 0.25) is 5.91 Å². The summed E-state index contributed by atoms with van der Waals surface area (Å²) in [4.78, 5) is 25.6. The first kappa shape index (κ1) is 19.7. The molecule has 28 heavy (non-hydrogen) atoms. The van der Waals surface area contributed by atoms with Crippen molar-refractivity contribution >= 4 is 11.9 Å². The monoisotopic (exact) mass is 381 g/mol. The van der Waals surface area contributed by atoms with E-state index in [-0.39, 0.29) is 11.9 Å². The van der Waals surface area contributed by atoms with E-state index in [1.807, 2.05) is 60.4 Å². The van der Waals surface area contributed by atoms with Crippen LogP contribution in [0.4, 0.5) is 4.79 Å². The van der Waals surface area contributed by atoms with E-state index >= 15 is 0 Å². The summed E-state index contributed by atoms with van der Waals surface area (Å²) in [7, 11) is 0. The van der Waals surface area contributed by atoms with Gasteiger partial charge in [0.25, 0.3) is 0 Å². The molecule has 0 bridgehead atoms. The highest BCUT2D eigenvalue weighted by Crippen LogP contribution is 2.15. The van der Waals surface area contributed by atoms with Crippen molar-refractivity contribution in [1.82, 2.24) is 15.5 Å². The molecule has 2 aromatic rings. The largest absolute Gasteiger partial charge is 0.492 e. The third-order valence-corrected chi connectivity index (χ3v) is 4.67. The van der Waals surface area contributed by atoms with E-state index in [0.717, 1.165) is 29.8 Å². The Labute approximate surface area is 165 Å². The zero-order valence-electron chi connectivity index (χ0n) is 16.2. The van der Waals surface area contributed by atoms with Crippen molar-refractivity contribution in [2.24, 2.45) is 0 Å². The molecular weight excluding hydrogens is 354 g/mol. The lowest BCUT2D eigenvalue weighted by Gasteiger charge is -2.16. The molecule has 0 unspecified atom stereocenters. The number of carbonyl (C=O) groups is 2. The van der Waals surface area contributed by atoms with Crippen molar-refractivity contribution in [2.75, 3.05) is 19.7 Å². The van der Waals surface area contributed by atoms with Crippen LogP contribution in [0.25, 0.3) is 0 Å². The molecule has 1 aliphatic heterocycles. The highest BCUT2D eigenvalue weighted by molar-refractivity contribution is 5.78. The molecule has 2 N–H and O–H groups in total. The summed E-state index contributed by atoms with van der Waals surface area (Å²) in [6.45, 7) is 4.76. The fourth-order valence-corrected chi connectivity index (χ4v) is 3.14. The van der Waals surface area contributed by atoms with Gasteiger partial charge in [0.15, 0.2) is 0 Å². The van der Waals surface area contributed by atoms with Crippen LogP contribution >= 0.6 is 0 Å². The molecule has 6 nitrogen and oxygen atoms in total. The van der Waals surface area contributed by atoms with Crippen molar-refractivity contribution in [2.45, 2.75) is 32.9 Å². The molecular formula is C22H27N3O3. The van der Waals surface area contributed by atoms with Crippen LogP contribution in [0.5, 0.6) is 5.75 Å². The van der Waals surface area contributed by atoms with Crippen LogP contribution in [0.15, 0.2) is 48.5 Å². The number of ether oxygens (including phenoxy) is 1. The normalized spacial score (nSPS) is 13.5. The predicted molar refractivity (Wildman–Crippen MR) is 108 cm³/mol. The molecule has 0 saturated carbocycles. The standard InChI is InChI=1S/C22H27N3O3/c1-17-7-9-20(10-8-17)28-13-11-23-22(27)24-15-18-4-2-5-19(14-18)16-25-12-3-6-21(25)26/h2,4-5,7-10,14H,3,6,11-13,15-16H2,1H3,(H2,23,24,27). The summed E-state index contributed by atoms with van der Waals surface area (Å²) >= 11 is 0. The molecule has 0 radical (unpaired) electrons. The van der Waals surface area contributed by atoms with E-state index in [4.69, 9.17) is 4.74 Å². The third-order valence-electron chi connectivity index (χ3n) is 4.67. The highest BCUT2D eigenvalue weighted by Gasteiger charge is 2.19. The quantitative estimate of drug-likeness (QED) is 0.691. The Hall–Kier alpha value is -3.02. The predicted octanol–water partition coefficient (Wildman–Crippen LogP) is 3.00. The summed E-state index contributed by atoms with van der Waals surface area (Å²) < 4.78 is 5.59. The Morgan fingerprint density at radius 3 is 2.64 bits per heavy atom. The summed E-state index contributed by atoms with van der Waals surface area (Å²) in [5, 5.41) is 5.63. The minimum atomic E-state index is -0.229. The molecule has 148 valence electrons. The average molecular weight is 381 g/mol. The van der Waals surface area contributed by atoms with Crippen molar-refractivity contribution in [1.29, 1.82) is 0 Å². The van der Waals surface area contributed by atoms with Gasteiger partial charge in [-0.25, -0.2) is 4.79 Å². The van der Waals surface area contributed by atoms with Crippen LogP contribution in [0.1, 0.15) is 29.5 Å². The smallest absolute Gasteiger partial charge is 0.315 e. The van der Waals surface area contributed by atoms with Gasteiger partial charge in [-0.15, -0.1) is 0 Å². The minimum absolute atomic E-state index is 0.218. The number of aryl methyl sites for hydroxylation is 1. The van der Waals surface area contributed by atoms with Gasteiger partial charge in [0.05, 0.1) is 6.54 Å². The molecule has 0 aromatic heterocycles. The molecule has 0 aliphatic carbocycles. The maximum atomic E-state index is 11.9. The number of likely N-dealkylation sites (tertiary alicyclic amines) is 1. The molecule has 3 rings (SSSR count). The van der Waals surface area contributed by atoms with E-state index in [2.05, 4.69) is 10.6 Å². The Bertz CT molecular complexity index is 805. The van der Waals surface area contributed by atoms with Gasteiger partial charge < -0.3 is 20.3 Å². The maximum absolute atomic E-state index is 11.9. The first-order valence-electron chi connectivity index (χ1n) is 9.67. The second kappa shape index (κ2) is 9.78. The lowest BCUT2D eigenvalue weighted by Crippen LogP contribution is -2.37. The first-order chi connectivity index (χ1) is 13.6. The lowest BCUT2D eigenvalue weighted by molar-refractivity contribution is -0.128. The number of carbonyl (C=O) groups excluding carboxylic acids is 2. The van der Waals surface area contributed by atoms with Gasteiger partial charge in [0, 0.05) is 26.1 Å². The van der Waals surface area contributed by atoms with Gasteiger partial charge in [-0.2, -0.15) is 0 Å². The molecule has 1 saturated heterocycles. The second-order valence-corrected chi connectivity index (χ2v) is 7.01. The molecule has 6 heteroatoms. The number of nitrogens with one attached hydrogen (secondary N) is 2. The van der Waals surface area contributed by atoms with Crippen molar-refractivity contribution in [3.05, 3.63) is 65.2 Å². The Balaban J connectivity index is 1.36. The average Bonchev–Trinajstić information content (AvgIpc) is 3.10. The Kier molecular flexibility index (Phi) is 6.89. The topological polar surface area (TPSA) is 70.7 Å². The van der Waals surface area contributed by atoms with Gasteiger partial charge >= 0.3 is 6.03 Å². The lowest BCUT2D eigenvalue weighted by atomic mass is 10.1. The number of urea groups is 1. The summed E-state index contributed by atoms with van der Waals surface area (Å²) in [5.74, 6) is 1.01. The van der Waals surface area contributed by atoms with E-state index < -0.39 is 0 Å². The summed E-state index contributed by atoms with van der Waals surface area (Å²) in [6, 6.07) is 15.6. The zero-order chi connectivity index (χ0) is 19.8. The molecule has 0 atom stereocenters.